The third-order valence-corrected chi connectivity index (χ3v) is 7.17. The second-order valence-electron chi connectivity index (χ2n) is 10.1. The topological polar surface area (TPSA) is 108 Å². The molecule has 3 atom stereocenters. The van der Waals surface area contributed by atoms with Crippen LogP contribution in [0.2, 0.25) is 0 Å². The molecular formula is C28H38N4O5. The van der Waals surface area contributed by atoms with E-state index in [4.69, 9.17) is 14.5 Å². The number of hydrogen-bond donors (Lipinski definition) is 2. The highest BCUT2D eigenvalue weighted by atomic mass is 16.5. The lowest BCUT2D eigenvalue weighted by atomic mass is 9.96. The number of aromatic nitrogens is 3. The van der Waals surface area contributed by atoms with Crippen LogP contribution in [0.15, 0.2) is 35.3 Å². The minimum absolute atomic E-state index is 0.0333. The van der Waals surface area contributed by atoms with Gasteiger partial charge in [-0.1, -0.05) is 13.0 Å². The average molecular weight is 511 g/mol. The summed E-state index contributed by atoms with van der Waals surface area (Å²) < 4.78 is 14.8. The minimum Gasteiger partial charge on any atom is -0.461 e. The molecule has 1 fully saturated rings. The van der Waals surface area contributed by atoms with Gasteiger partial charge in [0, 0.05) is 38.0 Å². The number of carbonyl (C=O) groups excluding carboxylic acids is 1. The molecule has 1 aliphatic carbocycles. The number of fused-ring (bicyclic) bond motifs is 1. The Morgan fingerprint density at radius 1 is 1.30 bits per heavy atom. The zero-order valence-corrected chi connectivity index (χ0v) is 22.4. The van der Waals surface area contributed by atoms with Gasteiger partial charge >= 0.3 is 5.97 Å². The fourth-order valence-electron chi connectivity index (χ4n) is 4.80. The molecule has 1 aromatic carbocycles. The van der Waals surface area contributed by atoms with E-state index in [1.165, 1.54) is 0 Å². The van der Waals surface area contributed by atoms with Crippen molar-refractivity contribution in [2.45, 2.75) is 77.3 Å². The Balaban J connectivity index is 1.67. The summed E-state index contributed by atoms with van der Waals surface area (Å²) in [6.07, 6.45) is 4.59. The molecule has 0 amide bonds. The van der Waals surface area contributed by atoms with E-state index in [0.29, 0.717) is 18.7 Å². The molecule has 1 saturated carbocycles. The summed E-state index contributed by atoms with van der Waals surface area (Å²) in [6.45, 7) is 6.42. The Hall–Kier alpha value is -3.01. The first-order chi connectivity index (χ1) is 17.7. The number of methoxy groups -OCH3 is 1. The van der Waals surface area contributed by atoms with Crippen LogP contribution in [-0.4, -0.2) is 57.2 Å². The number of nitrogens with one attached hydrogen (secondary N) is 1. The number of carbonyl (C=O) groups is 1. The van der Waals surface area contributed by atoms with Crippen LogP contribution >= 0.6 is 0 Å². The van der Waals surface area contributed by atoms with Crippen molar-refractivity contribution in [3.05, 3.63) is 51.9 Å². The largest absolute Gasteiger partial charge is 0.461 e. The number of hydrogen-bond acceptors (Lipinski definition) is 7. The number of aliphatic hydroxyl groups is 1. The van der Waals surface area contributed by atoms with E-state index in [-0.39, 0.29) is 17.7 Å². The summed E-state index contributed by atoms with van der Waals surface area (Å²) in [6, 6.07) is 7.16. The van der Waals surface area contributed by atoms with Crippen molar-refractivity contribution in [1.29, 1.82) is 0 Å². The zero-order valence-electron chi connectivity index (χ0n) is 22.4. The van der Waals surface area contributed by atoms with Gasteiger partial charge in [0.25, 0.3) is 5.56 Å². The summed E-state index contributed by atoms with van der Waals surface area (Å²) in [7, 11) is 3.44. The molecule has 4 rings (SSSR count). The lowest BCUT2D eigenvalue weighted by molar-refractivity contribution is -0.158. The Labute approximate surface area is 217 Å². The number of esters is 1. The Morgan fingerprint density at radius 3 is 2.65 bits per heavy atom. The van der Waals surface area contributed by atoms with Crippen molar-refractivity contribution in [1.82, 2.24) is 19.4 Å². The van der Waals surface area contributed by atoms with Crippen molar-refractivity contribution in [3.63, 3.8) is 0 Å². The molecule has 0 radical (unpaired) electrons. The number of imidazole rings is 1. The van der Waals surface area contributed by atoms with Crippen LogP contribution in [0.4, 0.5) is 0 Å². The first-order valence-corrected chi connectivity index (χ1v) is 13.0. The van der Waals surface area contributed by atoms with Crippen molar-refractivity contribution < 1.29 is 19.4 Å². The monoisotopic (exact) mass is 510 g/mol. The van der Waals surface area contributed by atoms with Crippen molar-refractivity contribution in [2.75, 3.05) is 13.7 Å². The van der Waals surface area contributed by atoms with Crippen LogP contribution in [-0.2, 0) is 27.9 Å². The highest BCUT2D eigenvalue weighted by molar-refractivity contribution is 5.82. The van der Waals surface area contributed by atoms with Gasteiger partial charge in [0.1, 0.15) is 18.0 Å². The molecule has 0 bridgehead atoms. The highest BCUT2D eigenvalue weighted by Gasteiger charge is 2.30. The predicted octanol–water partition coefficient (Wildman–Crippen LogP) is 3.24. The number of pyridine rings is 1. The maximum absolute atomic E-state index is 12.6. The molecule has 1 unspecified atom stereocenters. The maximum atomic E-state index is 12.6. The summed E-state index contributed by atoms with van der Waals surface area (Å²) in [5.41, 5.74) is 4.18. The maximum Gasteiger partial charge on any atom is 0.326 e. The van der Waals surface area contributed by atoms with Crippen LogP contribution in [0, 0.1) is 6.92 Å². The molecule has 9 heteroatoms. The summed E-state index contributed by atoms with van der Waals surface area (Å²) in [4.78, 5) is 29.9. The average Bonchev–Trinajstić information content (AvgIpc) is 3.21. The summed E-state index contributed by atoms with van der Waals surface area (Å²) in [5, 5.41) is 13.4. The minimum atomic E-state index is -0.880. The standard InChI is InChI=1S/C28H38N4O5/c1-6-21(16-36-5)32-24-11-10-19(14-29-25(18(3)33)28(35)37-22-8-7-9-22)13-23(24)30-26(32)20-12-17(2)27(34)31(4)15-20/h10-13,15,18,21-22,25,29,33H,6-9,14,16H2,1-5H3/t18-,21?,25+/m1/s1. The van der Waals surface area contributed by atoms with Crippen molar-refractivity contribution in [3.8, 4) is 11.4 Å². The highest BCUT2D eigenvalue weighted by Crippen LogP contribution is 2.31. The molecule has 2 heterocycles. The molecule has 0 aliphatic heterocycles. The second-order valence-corrected chi connectivity index (χ2v) is 10.1. The van der Waals surface area contributed by atoms with Crippen molar-refractivity contribution in [2.24, 2.45) is 7.05 Å². The number of ether oxygens (including phenoxy) is 2. The lowest BCUT2D eigenvalue weighted by Gasteiger charge is -2.28. The van der Waals surface area contributed by atoms with Gasteiger partial charge < -0.3 is 23.7 Å². The van der Waals surface area contributed by atoms with Crippen molar-refractivity contribution >= 4 is 17.0 Å². The van der Waals surface area contributed by atoms with Gasteiger partial charge in [-0.3, -0.25) is 14.9 Å². The van der Waals surface area contributed by atoms with Gasteiger partial charge in [0.2, 0.25) is 0 Å². The summed E-state index contributed by atoms with van der Waals surface area (Å²) in [5.74, 6) is 0.358. The van der Waals surface area contributed by atoms with Crippen LogP contribution in [0.5, 0.6) is 0 Å². The molecule has 2 aromatic heterocycles. The first kappa shape index (κ1) is 27.0. The predicted molar refractivity (Wildman–Crippen MR) is 142 cm³/mol. The third kappa shape index (κ3) is 5.79. The Bertz CT molecular complexity index is 1280. The molecule has 9 nitrogen and oxygen atoms in total. The van der Waals surface area contributed by atoms with Crippen LogP contribution in [0.3, 0.4) is 0 Å². The quantitative estimate of drug-likeness (QED) is 0.381. The van der Waals surface area contributed by atoms with Gasteiger partial charge in [-0.05, 0) is 63.3 Å². The SMILES string of the molecule is CCC(COC)n1c(-c2cc(C)c(=O)n(C)c2)nc2cc(CN[C@H](C(=O)OC3CCC3)[C@@H](C)O)ccc21. The molecule has 1 aliphatic rings. The van der Waals surface area contributed by atoms with E-state index in [2.05, 4.69) is 16.8 Å². The Kier molecular flexibility index (Phi) is 8.46. The number of aryl methyl sites for hydroxylation is 2. The molecule has 3 aromatic rings. The van der Waals surface area contributed by atoms with Gasteiger partial charge in [-0.15, -0.1) is 0 Å². The van der Waals surface area contributed by atoms with Gasteiger partial charge in [0.05, 0.1) is 29.8 Å². The van der Waals surface area contributed by atoms with Gasteiger partial charge in [0.15, 0.2) is 0 Å². The summed E-state index contributed by atoms with van der Waals surface area (Å²) >= 11 is 0. The van der Waals surface area contributed by atoms with Gasteiger partial charge in [-0.25, -0.2) is 4.98 Å². The molecule has 0 saturated heterocycles. The van der Waals surface area contributed by atoms with E-state index < -0.39 is 18.1 Å². The normalized spacial score (nSPS) is 16.4. The first-order valence-electron chi connectivity index (χ1n) is 13.0. The molecule has 0 spiro atoms. The van der Waals surface area contributed by atoms with E-state index in [9.17, 15) is 14.7 Å². The van der Waals surface area contributed by atoms with Crippen LogP contribution in [0.1, 0.15) is 56.7 Å². The molecule has 37 heavy (non-hydrogen) atoms. The van der Waals surface area contributed by atoms with Crippen LogP contribution < -0.4 is 10.9 Å². The smallest absolute Gasteiger partial charge is 0.326 e. The fraction of sp³-hybridized carbons (Fsp3) is 0.536. The van der Waals surface area contributed by atoms with E-state index in [1.54, 1.807) is 25.6 Å². The molecular weight excluding hydrogens is 472 g/mol. The number of nitrogens with zero attached hydrogens (tertiary/aromatic N) is 3. The van der Waals surface area contributed by atoms with Crippen LogP contribution in [0.25, 0.3) is 22.4 Å². The van der Waals surface area contributed by atoms with E-state index in [0.717, 1.165) is 53.7 Å². The zero-order chi connectivity index (χ0) is 26.7. The third-order valence-electron chi connectivity index (χ3n) is 7.17. The molecule has 200 valence electrons. The van der Waals surface area contributed by atoms with E-state index >= 15 is 0 Å². The Morgan fingerprint density at radius 2 is 2.05 bits per heavy atom. The van der Waals surface area contributed by atoms with Gasteiger partial charge in [-0.2, -0.15) is 0 Å². The lowest BCUT2D eigenvalue weighted by Crippen LogP contribution is -2.47. The second kappa shape index (κ2) is 11.6. The van der Waals surface area contributed by atoms with E-state index in [1.807, 2.05) is 37.4 Å². The fourth-order valence-corrected chi connectivity index (χ4v) is 4.80. The molecule has 2 N–H and O–H groups in total. The number of rotatable bonds is 11. The number of aliphatic hydroxyl groups excluding tert-OH is 1. The number of benzene rings is 1.